The summed E-state index contributed by atoms with van der Waals surface area (Å²) in [4.78, 5) is 0. The van der Waals surface area contributed by atoms with Gasteiger partial charge < -0.3 is 5.73 Å². The van der Waals surface area contributed by atoms with Gasteiger partial charge in [0.05, 0.1) is 0 Å². The van der Waals surface area contributed by atoms with Crippen LogP contribution in [0.15, 0.2) is 18.2 Å². The number of halogens is 2. The average Bonchev–Trinajstić information content (AvgIpc) is 2.61. The van der Waals surface area contributed by atoms with Crippen LogP contribution < -0.4 is 5.73 Å². The summed E-state index contributed by atoms with van der Waals surface area (Å²) in [7, 11) is 0. The summed E-state index contributed by atoms with van der Waals surface area (Å²) < 4.78 is 26.9. The van der Waals surface area contributed by atoms with Crippen LogP contribution in [0.2, 0.25) is 0 Å². The second-order valence-corrected chi connectivity index (χ2v) is 6.09. The van der Waals surface area contributed by atoms with Crippen LogP contribution in [0.4, 0.5) is 8.78 Å². The maximum absolute atomic E-state index is 13.7. The molecular weight excluding hydrogens is 220 g/mol. The molecule has 0 saturated heterocycles. The molecule has 0 radical (unpaired) electrons. The van der Waals surface area contributed by atoms with E-state index in [1.54, 1.807) is 6.07 Å². The van der Waals surface area contributed by atoms with Gasteiger partial charge in [-0.1, -0.05) is 39.8 Å². The lowest BCUT2D eigenvalue weighted by Gasteiger charge is -2.15. The molecule has 3 heteroatoms. The van der Waals surface area contributed by atoms with Gasteiger partial charge in [0, 0.05) is 11.6 Å². The van der Waals surface area contributed by atoms with Crippen LogP contribution in [0.1, 0.15) is 39.3 Å². The highest BCUT2D eigenvalue weighted by atomic mass is 19.2. The molecule has 0 aliphatic heterocycles. The van der Waals surface area contributed by atoms with Crippen molar-refractivity contribution in [2.75, 3.05) is 0 Å². The minimum absolute atomic E-state index is 0.0607. The van der Waals surface area contributed by atoms with E-state index < -0.39 is 17.7 Å². The third kappa shape index (κ3) is 1.60. The summed E-state index contributed by atoms with van der Waals surface area (Å²) in [5.41, 5.74) is 6.52. The molecule has 1 saturated carbocycles. The van der Waals surface area contributed by atoms with Gasteiger partial charge in [-0.2, -0.15) is 0 Å². The third-order valence-electron chi connectivity index (χ3n) is 4.83. The van der Waals surface area contributed by atoms with E-state index in [0.717, 1.165) is 6.07 Å². The Morgan fingerprint density at radius 1 is 1.12 bits per heavy atom. The smallest absolute Gasteiger partial charge is 0.163 e. The van der Waals surface area contributed by atoms with Gasteiger partial charge in [0.15, 0.2) is 11.6 Å². The summed E-state index contributed by atoms with van der Waals surface area (Å²) >= 11 is 0. The van der Waals surface area contributed by atoms with E-state index in [9.17, 15) is 8.78 Å². The zero-order valence-electron chi connectivity index (χ0n) is 10.7. The van der Waals surface area contributed by atoms with Gasteiger partial charge in [-0.3, -0.25) is 0 Å². The molecule has 1 fully saturated rings. The predicted molar refractivity (Wildman–Crippen MR) is 64.3 cm³/mol. The largest absolute Gasteiger partial charge is 0.324 e. The van der Waals surface area contributed by atoms with Crippen LogP contribution in [-0.4, -0.2) is 0 Å². The van der Waals surface area contributed by atoms with Gasteiger partial charge in [0.25, 0.3) is 0 Å². The molecule has 1 nitrogen and oxygen atoms in total. The van der Waals surface area contributed by atoms with E-state index in [4.69, 9.17) is 5.73 Å². The molecular formula is C14H19F2N. The molecule has 2 rings (SSSR count). The van der Waals surface area contributed by atoms with E-state index >= 15 is 0 Å². The van der Waals surface area contributed by atoms with Gasteiger partial charge in [-0.05, 0) is 22.8 Å². The van der Waals surface area contributed by atoms with Gasteiger partial charge in [-0.25, -0.2) is 8.78 Å². The lowest BCUT2D eigenvalue weighted by Crippen LogP contribution is -2.18. The Bertz CT molecular complexity index is 438. The molecule has 1 unspecified atom stereocenters. The van der Waals surface area contributed by atoms with E-state index in [2.05, 4.69) is 27.7 Å². The number of rotatable bonds is 2. The van der Waals surface area contributed by atoms with Crippen LogP contribution in [-0.2, 0) is 0 Å². The monoisotopic (exact) mass is 239 g/mol. The molecule has 0 amide bonds. The average molecular weight is 239 g/mol. The van der Waals surface area contributed by atoms with Crippen molar-refractivity contribution in [1.82, 2.24) is 0 Å². The molecule has 0 heterocycles. The number of hydrogen-bond donors (Lipinski definition) is 1. The number of benzene rings is 1. The number of hydrogen-bond acceptors (Lipinski definition) is 1. The lowest BCUT2D eigenvalue weighted by atomic mass is 9.97. The van der Waals surface area contributed by atoms with Crippen molar-refractivity contribution in [1.29, 1.82) is 0 Å². The highest BCUT2D eigenvalue weighted by Crippen LogP contribution is 2.71. The first kappa shape index (κ1) is 12.5. The van der Waals surface area contributed by atoms with Gasteiger partial charge in [0.1, 0.15) is 0 Å². The standard InChI is InChI=1S/C14H19F2N/c1-13(2)12(14(13,3)4)11(17)8-6-5-7-9(15)10(8)16/h5-7,11-12H,17H2,1-4H3. The zero-order chi connectivity index (χ0) is 13.0. The van der Waals surface area contributed by atoms with Gasteiger partial charge in [0.2, 0.25) is 0 Å². The second kappa shape index (κ2) is 3.52. The first-order valence-corrected chi connectivity index (χ1v) is 5.90. The highest BCUT2D eigenvalue weighted by Gasteiger charge is 2.66. The SMILES string of the molecule is CC1(C)C(C(N)c2cccc(F)c2F)C1(C)C. The minimum atomic E-state index is -0.825. The molecule has 0 aromatic heterocycles. The molecule has 1 aliphatic carbocycles. The molecule has 1 aromatic rings. The summed E-state index contributed by atoms with van der Waals surface area (Å²) in [6, 6.07) is 3.76. The van der Waals surface area contributed by atoms with Gasteiger partial charge >= 0.3 is 0 Å². The van der Waals surface area contributed by atoms with Crippen LogP contribution in [0.3, 0.4) is 0 Å². The maximum Gasteiger partial charge on any atom is 0.163 e. The summed E-state index contributed by atoms with van der Waals surface area (Å²) in [6.07, 6.45) is 0. The molecule has 0 bridgehead atoms. The van der Waals surface area contributed by atoms with Crippen LogP contribution in [0.5, 0.6) is 0 Å². The van der Waals surface area contributed by atoms with E-state index in [1.807, 2.05) is 0 Å². The molecule has 0 spiro atoms. The van der Waals surface area contributed by atoms with Gasteiger partial charge in [-0.15, -0.1) is 0 Å². The van der Waals surface area contributed by atoms with Crippen LogP contribution in [0.25, 0.3) is 0 Å². The first-order chi connectivity index (χ1) is 7.71. The van der Waals surface area contributed by atoms with E-state index in [-0.39, 0.29) is 22.3 Å². The van der Waals surface area contributed by atoms with Crippen LogP contribution in [0, 0.1) is 28.4 Å². The Kier molecular flexibility index (Phi) is 2.58. The second-order valence-electron chi connectivity index (χ2n) is 6.09. The van der Waals surface area contributed by atoms with Crippen molar-refractivity contribution in [3.63, 3.8) is 0 Å². The fourth-order valence-corrected chi connectivity index (χ4v) is 3.10. The summed E-state index contributed by atoms with van der Waals surface area (Å²) in [5.74, 6) is -1.46. The topological polar surface area (TPSA) is 26.0 Å². The molecule has 17 heavy (non-hydrogen) atoms. The zero-order valence-corrected chi connectivity index (χ0v) is 10.7. The first-order valence-electron chi connectivity index (χ1n) is 5.90. The quantitative estimate of drug-likeness (QED) is 0.837. The van der Waals surface area contributed by atoms with Crippen molar-refractivity contribution in [2.45, 2.75) is 33.7 Å². The fourth-order valence-electron chi connectivity index (χ4n) is 3.10. The minimum Gasteiger partial charge on any atom is -0.324 e. The fraction of sp³-hybridized carbons (Fsp3) is 0.571. The molecule has 2 N–H and O–H groups in total. The predicted octanol–water partition coefficient (Wildman–Crippen LogP) is 3.65. The summed E-state index contributed by atoms with van der Waals surface area (Å²) in [6.45, 7) is 8.48. The van der Waals surface area contributed by atoms with E-state index in [1.165, 1.54) is 6.07 Å². The Balaban J connectivity index is 2.34. The summed E-state index contributed by atoms with van der Waals surface area (Å²) in [5, 5.41) is 0. The third-order valence-corrected chi connectivity index (χ3v) is 4.83. The Hall–Kier alpha value is -0.960. The van der Waals surface area contributed by atoms with Crippen molar-refractivity contribution >= 4 is 0 Å². The molecule has 1 aliphatic rings. The maximum atomic E-state index is 13.7. The Morgan fingerprint density at radius 3 is 2.12 bits per heavy atom. The van der Waals surface area contributed by atoms with Crippen LogP contribution >= 0.6 is 0 Å². The van der Waals surface area contributed by atoms with Crippen molar-refractivity contribution in [3.05, 3.63) is 35.4 Å². The molecule has 1 aromatic carbocycles. The number of nitrogens with two attached hydrogens (primary N) is 1. The van der Waals surface area contributed by atoms with Crippen molar-refractivity contribution in [2.24, 2.45) is 22.5 Å². The van der Waals surface area contributed by atoms with E-state index in [0.29, 0.717) is 0 Å². The molecule has 1 atom stereocenters. The Morgan fingerprint density at radius 2 is 1.65 bits per heavy atom. The van der Waals surface area contributed by atoms with Crippen molar-refractivity contribution in [3.8, 4) is 0 Å². The Labute approximate surface area is 101 Å². The lowest BCUT2D eigenvalue weighted by molar-refractivity contribution is 0.449. The normalized spacial score (nSPS) is 23.5. The highest BCUT2D eigenvalue weighted by molar-refractivity contribution is 5.28. The molecule has 94 valence electrons. The van der Waals surface area contributed by atoms with Crippen molar-refractivity contribution < 1.29 is 8.78 Å².